The number of aliphatic hydroxyl groups excluding tert-OH is 1. The molecule has 1 N–H and O–H groups in total. The van der Waals surface area contributed by atoms with Gasteiger partial charge in [-0.05, 0) is 39.7 Å². The summed E-state index contributed by atoms with van der Waals surface area (Å²) in [4.78, 5) is 13.5. The summed E-state index contributed by atoms with van der Waals surface area (Å²) in [6.45, 7) is 9.90. The average molecular weight is 715 g/mol. The minimum Gasteiger partial charge on any atom is -0.454 e. The molecule has 2 unspecified atom stereocenters. The first-order valence-electron chi connectivity index (χ1n) is 18.4. The fraction of sp³-hybridized carbons (Fsp3) is 0.667. The molecule has 12 heteroatoms. The van der Waals surface area contributed by atoms with E-state index in [9.17, 15) is 9.90 Å². The van der Waals surface area contributed by atoms with Gasteiger partial charge in [-0.2, -0.15) is 0 Å². The Hall–Kier alpha value is -2.49. The summed E-state index contributed by atoms with van der Waals surface area (Å²) in [6, 6.07) is 19.3. The molecule has 4 saturated heterocycles. The molecule has 0 bridgehead atoms. The number of rotatable bonds is 15. The van der Waals surface area contributed by atoms with E-state index in [1.807, 2.05) is 74.5 Å². The Morgan fingerprint density at radius 3 is 2.25 bits per heavy atom. The molecule has 0 saturated carbocycles. The zero-order valence-corrected chi connectivity index (χ0v) is 30.3. The molecule has 4 heterocycles. The van der Waals surface area contributed by atoms with Crippen LogP contribution in [0.25, 0.3) is 0 Å². The van der Waals surface area contributed by atoms with Gasteiger partial charge in [0, 0.05) is 12.0 Å². The number of carbonyl (C=O) groups is 1. The highest BCUT2D eigenvalue weighted by atomic mass is 16.8. The zero-order valence-electron chi connectivity index (χ0n) is 30.3. The van der Waals surface area contributed by atoms with Crippen LogP contribution in [-0.2, 0) is 58.8 Å². The molecule has 2 aromatic rings. The highest BCUT2D eigenvalue weighted by Gasteiger charge is 2.56. The SMILES string of the molecule is CCCCCCCC(=O)O[C@@H]1[C@H](OC(O)[C@@H]2OC(C)(C)O[C@H]2[C@H]2COC(C)(C)O2)O[C@@H]2COC(c3ccccc3)O[C@H]2[C@@H]1OCc1ccccc1. The van der Waals surface area contributed by atoms with E-state index in [0.29, 0.717) is 6.42 Å². The smallest absolute Gasteiger partial charge is 0.306 e. The molecule has 4 fully saturated rings. The van der Waals surface area contributed by atoms with Crippen molar-refractivity contribution < 1.29 is 57.3 Å². The predicted molar refractivity (Wildman–Crippen MR) is 183 cm³/mol. The highest BCUT2D eigenvalue weighted by Crippen LogP contribution is 2.40. The zero-order chi connectivity index (χ0) is 36.0. The molecule has 0 aromatic heterocycles. The van der Waals surface area contributed by atoms with Gasteiger partial charge in [0.25, 0.3) is 0 Å². The van der Waals surface area contributed by atoms with Crippen molar-refractivity contribution in [2.75, 3.05) is 13.2 Å². The lowest BCUT2D eigenvalue weighted by atomic mass is 9.96. The number of unbranched alkanes of at least 4 members (excludes halogenated alkanes) is 4. The van der Waals surface area contributed by atoms with Gasteiger partial charge in [-0.3, -0.25) is 4.79 Å². The fourth-order valence-electron chi connectivity index (χ4n) is 7.02. The predicted octanol–water partition coefficient (Wildman–Crippen LogP) is 5.69. The third-order valence-electron chi connectivity index (χ3n) is 9.51. The van der Waals surface area contributed by atoms with Crippen molar-refractivity contribution in [2.45, 2.75) is 153 Å². The van der Waals surface area contributed by atoms with Crippen LogP contribution in [0.1, 0.15) is 90.6 Å². The first kappa shape index (κ1) is 38.2. The molecule has 10 atom stereocenters. The number of carbonyl (C=O) groups excluding carboxylic acids is 1. The lowest BCUT2D eigenvalue weighted by Gasteiger charge is -2.49. The van der Waals surface area contributed by atoms with Crippen molar-refractivity contribution in [3.8, 4) is 0 Å². The van der Waals surface area contributed by atoms with E-state index in [1.165, 1.54) is 0 Å². The first-order chi connectivity index (χ1) is 24.5. The van der Waals surface area contributed by atoms with Crippen LogP contribution in [0.3, 0.4) is 0 Å². The molecule has 51 heavy (non-hydrogen) atoms. The first-order valence-corrected chi connectivity index (χ1v) is 18.4. The van der Waals surface area contributed by atoms with E-state index < -0.39 is 79.1 Å². The summed E-state index contributed by atoms with van der Waals surface area (Å²) < 4.78 is 62.5. The van der Waals surface area contributed by atoms with Gasteiger partial charge in [0.15, 0.2) is 30.3 Å². The topological polar surface area (TPSA) is 130 Å². The number of esters is 1. The second-order valence-corrected chi connectivity index (χ2v) is 14.6. The van der Waals surface area contributed by atoms with E-state index in [4.69, 9.17) is 47.4 Å². The number of aliphatic hydroxyl groups is 1. The second kappa shape index (κ2) is 17.1. The molecule has 282 valence electrons. The van der Waals surface area contributed by atoms with Crippen molar-refractivity contribution in [3.63, 3.8) is 0 Å². The quantitative estimate of drug-likeness (QED) is 0.138. The molecule has 0 aliphatic carbocycles. The monoisotopic (exact) mass is 714 g/mol. The van der Waals surface area contributed by atoms with E-state index >= 15 is 0 Å². The number of hydrogen-bond donors (Lipinski definition) is 1. The summed E-state index contributed by atoms with van der Waals surface area (Å²) in [7, 11) is 0. The Bertz CT molecular complexity index is 1370. The van der Waals surface area contributed by atoms with Crippen LogP contribution in [-0.4, -0.2) is 91.2 Å². The van der Waals surface area contributed by atoms with Gasteiger partial charge >= 0.3 is 5.97 Å². The molecular formula is C39H54O12. The summed E-state index contributed by atoms with van der Waals surface area (Å²) >= 11 is 0. The molecule has 0 spiro atoms. The number of fused-ring (bicyclic) bond motifs is 1. The van der Waals surface area contributed by atoms with Crippen LogP contribution >= 0.6 is 0 Å². The molecule has 0 amide bonds. The van der Waals surface area contributed by atoms with E-state index in [0.717, 1.165) is 36.8 Å². The van der Waals surface area contributed by atoms with E-state index in [-0.39, 0.29) is 26.2 Å². The van der Waals surface area contributed by atoms with E-state index in [2.05, 4.69) is 6.92 Å². The largest absolute Gasteiger partial charge is 0.454 e. The van der Waals surface area contributed by atoms with Gasteiger partial charge < -0.3 is 52.5 Å². The maximum Gasteiger partial charge on any atom is 0.306 e. The molecule has 12 nitrogen and oxygen atoms in total. The lowest BCUT2D eigenvalue weighted by Crippen LogP contribution is -2.64. The van der Waals surface area contributed by atoms with Gasteiger partial charge in [0.1, 0.15) is 36.6 Å². The Balaban J connectivity index is 1.26. The molecule has 4 aliphatic rings. The maximum atomic E-state index is 13.5. The second-order valence-electron chi connectivity index (χ2n) is 14.6. The van der Waals surface area contributed by atoms with Gasteiger partial charge in [-0.15, -0.1) is 0 Å². The van der Waals surface area contributed by atoms with Crippen LogP contribution in [0.2, 0.25) is 0 Å². The standard InChI is InChI=1S/C39H54O12/c1-6-7-8-9-16-21-29(40)46-34-32(42-22-25-17-12-10-13-18-25)30-27(23-43-36(47-30)26-19-14-11-15-20-26)45-37(34)48-35(41)33-31(50-39(4,5)51-33)28-24-44-38(2,3)49-28/h10-15,17-20,27-28,30-37,41H,6-9,16,21-24H2,1-5H3/t27-,28-,30-,31+,32+,33-,34+,35?,36?,37+/m1/s1. The Kier molecular flexibility index (Phi) is 12.8. The maximum absolute atomic E-state index is 13.5. The van der Waals surface area contributed by atoms with E-state index in [1.54, 1.807) is 13.8 Å². The molecule has 6 rings (SSSR count). The Labute approximate surface area is 300 Å². The summed E-state index contributed by atoms with van der Waals surface area (Å²) in [6.07, 6.45) is -4.01. The van der Waals surface area contributed by atoms with Crippen LogP contribution < -0.4 is 0 Å². The third kappa shape index (κ3) is 9.94. The van der Waals surface area contributed by atoms with Crippen molar-refractivity contribution >= 4 is 5.97 Å². The fourth-order valence-corrected chi connectivity index (χ4v) is 7.02. The third-order valence-corrected chi connectivity index (χ3v) is 9.51. The van der Waals surface area contributed by atoms with Crippen LogP contribution in [0.5, 0.6) is 0 Å². The molecule has 4 aliphatic heterocycles. The summed E-state index contributed by atoms with van der Waals surface area (Å²) in [5.74, 6) is -2.28. The van der Waals surface area contributed by atoms with Gasteiger partial charge in [0.05, 0.1) is 19.8 Å². The van der Waals surface area contributed by atoms with Crippen molar-refractivity contribution in [3.05, 3.63) is 71.8 Å². The normalized spacial score (nSPS) is 33.4. The minimum atomic E-state index is -1.57. The van der Waals surface area contributed by atoms with Crippen LogP contribution in [0.4, 0.5) is 0 Å². The number of ether oxygens (including phenoxy) is 10. The van der Waals surface area contributed by atoms with Crippen molar-refractivity contribution in [1.29, 1.82) is 0 Å². The summed E-state index contributed by atoms with van der Waals surface area (Å²) in [5.41, 5.74) is 1.76. The number of benzene rings is 2. The lowest BCUT2D eigenvalue weighted by molar-refractivity contribution is -0.386. The van der Waals surface area contributed by atoms with Crippen LogP contribution in [0.15, 0.2) is 60.7 Å². The Morgan fingerprint density at radius 2 is 1.55 bits per heavy atom. The average Bonchev–Trinajstić information content (AvgIpc) is 3.65. The Morgan fingerprint density at radius 1 is 0.824 bits per heavy atom. The van der Waals surface area contributed by atoms with Gasteiger partial charge in [-0.1, -0.05) is 93.3 Å². The minimum absolute atomic E-state index is 0.143. The van der Waals surface area contributed by atoms with Crippen LogP contribution in [0, 0.1) is 0 Å². The molecular weight excluding hydrogens is 660 g/mol. The van der Waals surface area contributed by atoms with Crippen molar-refractivity contribution in [1.82, 2.24) is 0 Å². The molecule has 2 aromatic carbocycles. The van der Waals surface area contributed by atoms with Crippen molar-refractivity contribution in [2.24, 2.45) is 0 Å². The highest BCUT2D eigenvalue weighted by molar-refractivity contribution is 5.69. The van der Waals surface area contributed by atoms with Gasteiger partial charge in [0.2, 0.25) is 6.29 Å². The summed E-state index contributed by atoms with van der Waals surface area (Å²) in [5, 5.41) is 11.7. The number of hydrogen-bond acceptors (Lipinski definition) is 12. The molecule has 0 radical (unpaired) electrons. The van der Waals surface area contributed by atoms with Gasteiger partial charge in [-0.25, -0.2) is 0 Å².